The zero-order chi connectivity index (χ0) is 16.1. The fourth-order valence-corrected chi connectivity index (χ4v) is 2.37. The van der Waals surface area contributed by atoms with Gasteiger partial charge >= 0.3 is 5.97 Å². The number of benzene rings is 2. The van der Waals surface area contributed by atoms with Crippen molar-refractivity contribution in [3.63, 3.8) is 0 Å². The molecule has 4 heteroatoms. The van der Waals surface area contributed by atoms with E-state index in [9.17, 15) is 4.79 Å². The van der Waals surface area contributed by atoms with Gasteiger partial charge in [0.05, 0.1) is 12.6 Å². The largest absolute Gasteiger partial charge is 0.487 e. The van der Waals surface area contributed by atoms with Crippen molar-refractivity contribution >= 4 is 22.9 Å². The Labute approximate surface area is 134 Å². The van der Waals surface area contributed by atoms with Crippen molar-refractivity contribution in [2.24, 2.45) is 0 Å². The van der Waals surface area contributed by atoms with Crippen molar-refractivity contribution in [1.82, 2.24) is 4.98 Å². The first-order valence-electron chi connectivity index (χ1n) is 7.31. The lowest BCUT2D eigenvalue weighted by molar-refractivity contribution is -0.134. The van der Waals surface area contributed by atoms with Crippen LogP contribution in [0.25, 0.3) is 17.0 Å². The zero-order valence-corrected chi connectivity index (χ0v) is 12.8. The van der Waals surface area contributed by atoms with Crippen LogP contribution in [0.1, 0.15) is 11.1 Å². The van der Waals surface area contributed by atoms with E-state index in [4.69, 9.17) is 4.74 Å². The Morgan fingerprint density at radius 1 is 1.13 bits per heavy atom. The van der Waals surface area contributed by atoms with Crippen LogP contribution in [0.3, 0.4) is 0 Å². The SMILES string of the molecule is COC(=O)/C=C/c1c[nH]c2c(OCc3ccccc3)cccc12. The first-order valence-corrected chi connectivity index (χ1v) is 7.31. The van der Waals surface area contributed by atoms with E-state index in [0.29, 0.717) is 6.61 Å². The van der Waals surface area contributed by atoms with Gasteiger partial charge in [0.2, 0.25) is 0 Å². The summed E-state index contributed by atoms with van der Waals surface area (Å²) in [5.74, 6) is 0.403. The smallest absolute Gasteiger partial charge is 0.330 e. The Morgan fingerprint density at radius 3 is 2.74 bits per heavy atom. The van der Waals surface area contributed by atoms with E-state index < -0.39 is 0 Å². The molecule has 0 bridgehead atoms. The van der Waals surface area contributed by atoms with Gasteiger partial charge in [-0.25, -0.2) is 4.79 Å². The van der Waals surface area contributed by atoms with Crippen LogP contribution in [-0.2, 0) is 16.1 Å². The third-order valence-electron chi connectivity index (χ3n) is 3.55. The van der Waals surface area contributed by atoms with Gasteiger partial charge in [0, 0.05) is 23.2 Å². The molecule has 4 nitrogen and oxygen atoms in total. The second-order valence-corrected chi connectivity index (χ2v) is 5.05. The fraction of sp³-hybridized carbons (Fsp3) is 0.105. The molecule has 0 aliphatic rings. The highest BCUT2D eigenvalue weighted by Crippen LogP contribution is 2.28. The predicted octanol–water partition coefficient (Wildman–Crippen LogP) is 3.93. The Bertz CT molecular complexity index is 834. The highest BCUT2D eigenvalue weighted by molar-refractivity contribution is 5.96. The van der Waals surface area contributed by atoms with Gasteiger partial charge in [0.25, 0.3) is 0 Å². The summed E-state index contributed by atoms with van der Waals surface area (Å²) in [6, 6.07) is 15.9. The molecule has 3 aromatic rings. The molecule has 1 aromatic heterocycles. The molecule has 0 aliphatic carbocycles. The summed E-state index contributed by atoms with van der Waals surface area (Å²) in [5, 5.41) is 0.996. The van der Waals surface area contributed by atoms with Crippen LogP contribution >= 0.6 is 0 Å². The zero-order valence-electron chi connectivity index (χ0n) is 12.8. The molecule has 0 aliphatic heterocycles. The molecule has 0 atom stereocenters. The minimum Gasteiger partial charge on any atom is -0.487 e. The summed E-state index contributed by atoms with van der Waals surface area (Å²) in [6.07, 6.45) is 4.98. The number of fused-ring (bicyclic) bond motifs is 1. The molecule has 0 radical (unpaired) electrons. The molecule has 0 saturated carbocycles. The van der Waals surface area contributed by atoms with E-state index >= 15 is 0 Å². The van der Waals surface area contributed by atoms with Crippen molar-refractivity contribution < 1.29 is 14.3 Å². The minimum absolute atomic E-state index is 0.379. The fourth-order valence-electron chi connectivity index (χ4n) is 2.37. The van der Waals surface area contributed by atoms with Crippen LogP contribution < -0.4 is 4.74 Å². The first kappa shape index (κ1) is 14.9. The van der Waals surface area contributed by atoms with Gasteiger partial charge in [0.1, 0.15) is 12.4 Å². The highest BCUT2D eigenvalue weighted by atomic mass is 16.5. The molecule has 3 rings (SSSR count). The van der Waals surface area contributed by atoms with E-state index in [2.05, 4.69) is 9.72 Å². The second kappa shape index (κ2) is 6.83. The summed E-state index contributed by atoms with van der Waals surface area (Å²) in [7, 11) is 1.36. The maximum atomic E-state index is 11.2. The lowest BCUT2D eigenvalue weighted by Crippen LogP contribution is -1.95. The van der Waals surface area contributed by atoms with E-state index in [0.717, 1.165) is 27.8 Å². The Balaban J connectivity index is 1.84. The molecule has 2 aromatic carbocycles. The molecule has 0 spiro atoms. The van der Waals surface area contributed by atoms with E-state index in [-0.39, 0.29) is 5.97 Å². The van der Waals surface area contributed by atoms with Crippen LogP contribution in [0.15, 0.2) is 60.8 Å². The monoisotopic (exact) mass is 307 g/mol. The third kappa shape index (κ3) is 3.43. The van der Waals surface area contributed by atoms with Gasteiger partial charge < -0.3 is 14.5 Å². The average Bonchev–Trinajstić information content (AvgIpc) is 3.02. The van der Waals surface area contributed by atoms with Gasteiger partial charge in [0.15, 0.2) is 0 Å². The first-order chi connectivity index (χ1) is 11.3. The number of carbonyl (C=O) groups is 1. The molecule has 0 saturated heterocycles. The molecule has 0 fully saturated rings. The molecular formula is C19H17NO3. The number of hydrogen-bond donors (Lipinski definition) is 1. The van der Waals surface area contributed by atoms with Crippen molar-refractivity contribution in [2.45, 2.75) is 6.61 Å². The quantitative estimate of drug-likeness (QED) is 0.574. The topological polar surface area (TPSA) is 51.3 Å². The maximum absolute atomic E-state index is 11.2. The number of nitrogens with one attached hydrogen (secondary N) is 1. The maximum Gasteiger partial charge on any atom is 0.330 e. The number of aromatic nitrogens is 1. The normalized spacial score (nSPS) is 11.0. The summed E-state index contributed by atoms with van der Waals surface area (Å²) in [4.78, 5) is 14.4. The molecule has 0 amide bonds. The number of hydrogen-bond acceptors (Lipinski definition) is 3. The summed E-state index contributed by atoms with van der Waals surface area (Å²) >= 11 is 0. The molecule has 1 N–H and O–H groups in total. The van der Waals surface area contributed by atoms with E-state index in [1.165, 1.54) is 13.2 Å². The Kier molecular flexibility index (Phi) is 4.43. The molecule has 23 heavy (non-hydrogen) atoms. The summed E-state index contributed by atoms with van der Waals surface area (Å²) in [6.45, 7) is 0.506. The van der Waals surface area contributed by atoms with Crippen LogP contribution in [0.4, 0.5) is 0 Å². The number of aromatic amines is 1. The van der Waals surface area contributed by atoms with Crippen LogP contribution in [0, 0.1) is 0 Å². The number of carbonyl (C=O) groups excluding carboxylic acids is 1. The summed E-state index contributed by atoms with van der Waals surface area (Å²) < 4.78 is 10.5. The highest BCUT2D eigenvalue weighted by Gasteiger charge is 2.07. The van der Waals surface area contributed by atoms with Crippen molar-refractivity contribution in [2.75, 3.05) is 7.11 Å². The van der Waals surface area contributed by atoms with Crippen molar-refractivity contribution in [3.8, 4) is 5.75 Å². The molecular weight excluding hydrogens is 290 g/mol. The van der Waals surface area contributed by atoms with Crippen LogP contribution in [0.2, 0.25) is 0 Å². The van der Waals surface area contributed by atoms with E-state index in [1.54, 1.807) is 6.08 Å². The Hall–Kier alpha value is -3.01. The van der Waals surface area contributed by atoms with Gasteiger partial charge in [-0.15, -0.1) is 0 Å². The van der Waals surface area contributed by atoms with Gasteiger partial charge in [-0.3, -0.25) is 0 Å². The molecule has 1 heterocycles. The average molecular weight is 307 g/mol. The third-order valence-corrected chi connectivity index (χ3v) is 3.55. The van der Waals surface area contributed by atoms with Crippen molar-refractivity contribution in [1.29, 1.82) is 0 Å². The van der Waals surface area contributed by atoms with Gasteiger partial charge in [-0.1, -0.05) is 42.5 Å². The Morgan fingerprint density at radius 2 is 1.96 bits per heavy atom. The van der Waals surface area contributed by atoms with Crippen LogP contribution in [-0.4, -0.2) is 18.1 Å². The van der Waals surface area contributed by atoms with E-state index in [1.807, 2.05) is 54.7 Å². The number of esters is 1. The second-order valence-electron chi connectivity index (χ2n) is 5.05. The van der Waals surface area contributed by atoms with Crippen LogP contribution in [0.5, 0.6) is 5.75 Å². The van der Waals surface area contributed by atoms with Gasteiger partial charge in [-0.2, -0.15) is 0 Å². The standard InChI is InChI=1S/C19H17NO3/c1-22-18(21)11-10-15-12-20-19-16(15)8-5-9-17(19)23-13-14-6-3-2-4-7-14/h2-12,20H,13H2,1H3/b11-10+. The number of ether oxygens (including phenoxy) is 2. The van der Waals surface area contributed by atoms with Crippen molar-refractivity contribution in [3.05, 3.63) is 71.9 Å². The summed E-state index contributed by atoms with van der Waals surface area (Å²) in [5.41, 5.74) is 2.94. The lowest BCUT2D eigenvalue weighted by Gasteiger charge is -2.07. The number of para-hydroxylation sites is 1. The minimum atomic E-state index is -0.379. The molecule has 0 unspecified atom stereocenters. The lowest BCUT2D eigenvalue weighted by atomic mass is 10.1. The number of rotatable bonds is 5. The predicted molar refractivity (Wildman–Crippen MR) is 90.1 cm³/mol. The number of methoxy groups -OCH3 is 1. The number of H-pyrrole nitrogens is 1. The van der Waals surface area contributed by atoms with Gasteiger partial charge in [-0.05, 0) is 17.7 Å². The molecule has 116 valence electrons.